The lowest BCUT2D eigenvalue weighted by Crippen LogP contribution is -2.53. The van der Waals surface area contributed by atoms with Gasteiger partial charge in [0, 0.05) is 23.8 Å². The van der Waals surface area contributed by atoms with Crippen molar-refractivity contribution in [2.24, 2.45) is 0 Å². The monoisotopic (exact) mass is 372 g/mol. The molecule has 4 nitrogen and oxygen atoms in total. The fraction of sp³-hybridized carbons (Fsp3) is 0.300. The summed E-state index contributed by atoms with van der Waals surface area (Å²) in [5.41, 5.74) is 1.78. The highest BCUT2D eigenvalue weighted by atomic mass is 35.5. The molecule has 0 bridgehead atoms. The number of halogens is 2. The summed E-state index contributed by atoms with van der Waals surface area (Å²) in [5, 5.41) is 2.80. The van der Waals surface area contributed by atoms with Gasteiger partial charge in [-0.05, 0) is 49.1 Å². The highest BCUT2D eigenvalue weighted by Gasteiger charge is 2.43. The quantitative estimate of drug-likeness (QED) is 0.858. The Hall–Kier alpha value is -2.40. The Balaban J connectivity index is 1.70. The molecule has 1 saturated heterocycles. The minimum absolute atomic E-state index is 0.000762. The summed E-state index contributed by atoms with van der Waals surface area (Å²) in [4.78, 5) is 27.7. The Labute approximate surface area is 155 Å². The molecule has 6 heteroatoms. The second-order valence-corrected chi connectivity index (χ2v) is 7.15. The Morgan fingerprint density at radius 3 is 2.81 bits per heavy atom. The molecule has 2 unspecified atom stereocenters. The number of rotatable bonds is 2. The van der Waals surface area contributed by atoms with Crippen LogP contribution in [-0.4, -0.2) is 29.3 Å². The lowest BCUT2D eigenvalue weighted by molar-refractivity contribution is -0.119. The standard InChI is InChI=1S/C20H18ClFN2O2/c21-15-11-12(8-9-16(15)22)23-19(25)18-13-5-1-2-6-14(13)20(26)24-10-4-3-7-17(18)24/h1-2,5-6,8-9,11,17-18H,3-4,7,10H2,(H,23,25). The van der Waals surface area contributed by atoms with Crippen LogP contribution < -0.4 is 5.32 Å². The van der Waals surface area contributed by atoms with Crippen LogP contribution in [0.3, 0.4) is 0 Å². The van der Waals surface area contributed by atoms with Crippen LogP contribution in [0.25, 0.3) is 0 Å². The van der Waals surface area contributed by atoms with E-state index in [1.165, 1.54) is 18.2 Å². The molecule has 2 heterocycles. The third-order valence-corrected chi connectivity index (χ3v) is 5.48. The van der Waals surface area contributed by atoms with E-state index in [0.29, 0.717) is 17.8 Å². The molecule has 2 aromatic rings. The largest absolute Gasteiger partial charge is 0.335 e. The van der Waals surface area contributed by atoms with Gasteiger partial charge in [-0.2, -0.15) is 0 Å². The topological polar surface area (TPSA) is 49.4 Å². The van der Waals surface area contributed by atoms with E-state index >= 15 is 0 Å². The summed E-state index contributed by atoms with van der Waals surface area (Å²) in [6.07, 6.45) is 2.73. The molecule has 0 aliphatic carbocycles. The second kappa shape index (κ2) is 6.72. The molecule has 134 valence electrons. The van der Waals surface area contributed by atoms with E-state index in [9.17, 15) is 14.0 Å². The fourth-order valence-electron chi connectivity index (χ4n) is 3.99. The van der Waals surface area contributed by atoms with Crippen molar-refractivity contribution in [2.75, 3.05) is 11.9 Å². The Morgan fingerprint density at radius 1 is 1.19 bits per heavy atom. The van der Waals surface area contributed by atoms with E-state index in [1.54, 1.807) is 6.07 Å². The summed E-state index contributed by atoms with van der Waals surface area (Å²) in [6, 6.07) is 11.2. The maximum atomic E-state index is 13.4. The van der Waals surface area contributed by atoms with Crippen molar-refractivity contribution in [3.8, 4) is 0 Å². The molecule has 0 radical (unpaired) electrons. The van der Waals surface area contributed by atoms with Crippen molar-refractivity contribution in [3.63, 3.8) is 0 Å². The summed E-state index contributed by atoms with van der Waals surface area (Å²) in [5.74, 6) is -1.19. The molecule has 2 aliphatic rings. The van der Waals surface area contributed by atoms with E-state index in [0.717, 1.165) is 24.8 Å². The summed E-state index contributed by atoms with van der Waals surface area (Å²) in [6.45, 7) is 0.671. The Bertz CT molecular complexity index is 886. The van der Waals surface area contributed by atoms with Crippen LogP contribution in [0, 0.1) is 5.82 Å². The molecule has 1 N–H and O–H groups in total. The minimum Gasteiger partial charge on any atom is -0.335 e. The van der Waals surface area contributed by atoms with Crippen LogP contribution in [-0.2, 0) is 4.79 Å². The van der Waals surface area contributed by atoms with Crippen LogP contribution in [0.4, 0.5) is 10.1 Å². The molecule has 0 spiro atoms. The van der Waals surface area contributed by atoms with Crippen molar-refractivity contribution >= 4 is 29.1 Å². The maximum absolute atomic E-state index is 13.4. The number of hydrogen-bond acceptors (Lipinski definition) is 2. The second-order valence-electron chi connectivity index (χ2n) is 6.74. The van der Waals surface area contributed by atoms with Crippen LogP contribution >= 0.6 is 11.6 Å². The van der Waals surface area contributed by atoms with Crippen molar-refractivity contribution in [1.82, 2.24) is 4.90 Å². The first-order valence-corrected chi connectivity index (χ1v) is 9.10. The molecule has 26 heavy (non-hydrogen) atoms. The van der Waals surface area contributed by atoms with Gasteiger partial charge in [0.15, 0.2) is 0 Å². The number of anilines is 1. The van der Waals surface area contributed by atoms with Gasteiger partial charge >= 0.3 is 0 Å². The Kier molecular flexibility index (Phi) is 4.41. The van der Waals surface area contributed by atoms with Crippen LogP contribution in [0.2, 0.25) is 5.02 Å². The van der Waals surface area contributed by atoms with Crippen LogP contribution in [0.5, 0.6) is 0 Å². The van der Waals surface area contributed by atoms with Crippen molar-refractivity contribution in [3.05, 3.63) is 64.4 Å². The lowest BCUT2D eigenvalue weighted by Gasteiger charge is -2.44. The predicted octanol–water partition coefficient (Wildman–Crippen LogP) is 4.21. The summed E-state index contributed by atoms with van der Waals surface area (Å²) >= 11 is 5.81. The zero-order chi connectivity index (χ0) is 18.3. The summed E-state index contributed by atoms with van der Waals surface area (Å²) in [7, 11) is 0. The SMILES string of the molecule is O=C(Nc1ccc(F)c(Cl)c1)C1c2ccccc2C(=O)N2CCCCC12. The number of hydrogen-bond donors (Lipinski definition) is 1. The van der Waals surface area contributed by atoms with Crippen molar-refractivity contribution < 1.29 is 14.0 Å². The molecule has 2 atom stereocenters. The summed E-state index contributed by atoms with van der Waals surface area (Å²) < 4.78 is 13.4. The lowest BCUT2D eigenvalue weighted by atomic mass is 9.78. The van der Waals surface area contributed by atoms with Crippen LogP contribution in [0.15, 0.2) is 42.5 Å². The number of carbonyl (C=O) groups excluding carboxylic acids is 2. The number of fused-ring (bicyclic) bond motifs is 2. The highest BCUT2D eigenvalue weighted by Crippen LogP contribution is 2.38. The number of benzene rings is 2. The normalized spacial score (nSPS) is 21.8. The third-order valence-electron chi connectivity index (χ3n) is 5.19. The van der Waals surface area contributed by atoms with Gasteiger partial charge in [-0.3, -0.25) is 9.59 Å². The van der Waals surface area contributed by atoms with Gasteiger partial charge in [0.2, 0.25) is 5.91 Å². The van der Waals surface area contributed by atoms with Crippen LogP contribution in [0.1, 0.15) is 41.1 Å². The van der Waals surface area contributed by atoms with Gasteiger partial charge in [-0.1, -0.05) is 29.8 Å². The first kappa shape index (κ1) is 17.0. The molecule has 4 rings (SSSR count). The van der Waals surface area contributed by atoms with Crippen molar-refractivity contribution in [2.45, 2.75) is 31.2 Å². The molecule has 1 fully saturated rings. The molecule has 2 amide bonds. The smallest absolute Gasteiger partial charge is 0.254 e. The van der Waals surface area contributed by atoms with Gasteiger partial charge in [-0.25, -0.2) is 4.39 Å². The number of piperidine rings is 1. The van der Waals surface area contributed by atoms with E-state index in [-0.39, 0.29) is 22.9 Å². The third kappa shape index (κ3) is 2.86. The number of nitrogens with one attached hydrogen (secondary N) is 1. The van der Waals surface area contributed by atoms with Gasteiger partial charge in [0.05, 0.1) is 10.9 Å². The first-order chi connectivity index (χ1) is 12.6. The predicted molar refractivity (Wildman–Crippen MR) is 97.9 cm³/mol. The van der Waals surface area contributed by atoms with E-state index in [2.05, 4.69) is 5.32 Å². The molecule has 0 aromatic heterocycles. The fourth-order valence-corrected chi connectivity index (χ4v) is 4.17. The highest BCUT2D eigenvalue weighted by molar-refractivity contribution is 6.31. The zero-order valence-electron chi connectivity index (χ0n) is 14.0. The molecule has 2 aromatic carbocycles. The average molecular weight is 373 g/mol. The molecule has 2 aliphatic heterocycles. The first-order valence-electron chi connectivity index (χ1n) is 8.72. The molecule has 0 saturated carbocycles. The Morgan fingerprint density at radius 2 is 2.00 bits per heavy atom. The molecular formula is C20H18ClFN2O2. The number of nitrogens with zero attached hydrogens (tertiary/aromatic N) is 1. The number of carbonyl (C=O) groups is 2. The van der Waals surface area contributed by atoms with Gasteiger partial charge in [0.1, 0.15) is 5.82 Å². The van der Waals surface area contributed by atoms with Crippen molar-refractivity contribution in [1.29, 1.82) is 0 Å². The molecular weight excluding hydrogens is 355 g/mol. The minimum atomic E-state index is -0.531. The van der Waals surface area contributed by atoms with Gasteiger partial charge < -0.3 is 10.2 Å². The average Bonchev–Trinajstić information content (AvgIpc) is 2.65. The zero-order valence-corrected chi connectivity index (χ0v) is 14.8. The number of amides is 2. The maximum Gasteiger partial charge on any atom is 0.254 e. The van der Waals surface area contributed by atoms with E-state index in [1.807, 2.05) is 23.1 Å². The van der Waals surface area contributed by atoms with Gasteiger partial charge in [-0.15, -0.1) is 0 Å². The van der Waals surface area contributed by atoms with E-state index in [4.69, 9.17) is 11.6 Å². The van der Waals surface area contributed by atoms with E-state index < -0.39 is 11.7 Å². The van der Waals surface area contributed by atoms with Gasteiger partial charge in [0.25, 0.3) is 5.91 Å².